The van der Waals surface area contributed by atoms with Crippen LogP contribution in [0.25, 0.3) is 11.5 Å². The fraction of sp³-hybridized carbons (Fsp3) is 0.474. The normalized spacial score (nSPS) is 11.8. The van der Waals surface area contributed by atoms with Crippen LogP contribution in [0.15, 0.2) is 39.9 Å². The topological polar surface area (TPSA) is 62.5 Å². The minimum Gasteiger partial charge on any atom is -0.444 e. The molecule has 2 rings (SSSR count). The number of guanidine groups is 1. The van der Waals surface area contributed by atoms with E-state index < -0.39 is 0 Å². The summed E-state index contributed by atoms with van der Waals surface area (Å²) in [6, 6.07) is 8.19. The molecule has 1 aromatic carbocycles. The SMILES string of the molecule is CN=C(NCCc1coc(-c2ccc(C)cc2)n1)NCCC(C)C. The number of benzene rings is 1. The van der Waals surface area contributed by atoms with E-state index in [1.54, 1.807) is 13.3 Å². The monoisotopic (exact) mass is 328 g/mol. The number of aromatic nitrogens is 1. The third-order valence-corrected chi connectivity index (χ3v) is 3.76. The summed E-state index contributed by atoms with van der Waals surface area (Å²) in [6.45, 7) is 8.20. The maximum atomic E-state index is 5.58. The number of aryl methyl sites for hydroxylation is 1. The van der Waals surface area contributed by atoms with Crippen molar-refractivity contribution < 1.29 is 4.42 Å². The largest absolute Gasteiger partial charge is 0.444 e. The van der Waals surface area contributed by atoms with Crippen LogP contribution in [0.4, 0.5) is 0 Å². The highest BCUT2D eigenvalue weighted by atomic mass is 16.3. The Kier molecular flexibility index (Phi) is 6.85. The standard InChI is InChI=1S/C19H28N4O/c1-14(2)9-11-21-19(20-4)22-12-10-17-13-24-18(23-17)16-7-5-15(3)6-8-16/h5-8,13-14H,9-12H2,1-4H3,(H2,20,21,22). The summed E-state index contributed by atoms with van der Waals surface area (Å²) in [6.07, 6.45) is 3.65. The molecule has 24 heavy (non-hydrogen) atoms. The lowest BCUT2D eigenvalue weighted by atomic mass is 10.1. The van der Waals surface area contributed by atoms with E-state index in [9.17, 15) is 0 Å². The molecule has 0 spiro atoms. The van der Waals surface area contributed by atoms with Crippen molar-refractivity contribution in [2.24, 2.45) is 10.9 Å². The summed E-state index contributed by atoms with van der Waals surface area (Å²) < 4.78 is 5.58. The second-order valence-corrected chi connectivity index (χ2v) is 6.37. The van der Waals surface area contributed by atoms with Gasteiger partial charge in [-0.2, -0.15) is 0 Å². The lowest BCUT2D eigenvalue weighted by Gasteiger charge is -2.12. The first-order chi connectivity index (χ1) is 11.6. The molecule has 1 heterocycles. The maximum Gasteiger partial charge on any atom is 0.226 e. The molecule has 0 bridgehead atoms. The zero-order valence-corrected chi connectivity index (χ0v) is 15.1. The average molecular weight is 328 g/mol. The third kappa shape index (κ3) is 5.72. The van der Waals surface area contributed by atoms with Gasteiger partial charge in [-0.3, -0.25) is 4.99 Å². The molecule has 130 valence electrons. The van der Waals surface area contributed by atoms with Gasteiger partial charge in [0.1, 0.15) is 6.26 Å². The molecule has 2 N–H and O–H groups in total. The predicted molar refractivity (Wildman–Crippen MR) is 99.2 cm³/mol. The van der Waals surface area contributed by atoms with E-state index in [0.29, 0.717) is 11.8 Å². The Labute approximate surface area is 144 Å². The highest BCUT2D eigenvalue weighted by Crippen LogP contribution is 2.19. The van der Waals surface area contributed by atoms with Crippen LogP contribution in [0.1, 0.15) is 31.5 Å². The Hall–Kier alpha value is -2.30. The van der Waals surface area contributed by atoms with Crippen molar-refractivity contribution in [3.8, 4) is 11.5 Å². The number of hydrogen-bond donors (Lipinski definition) is 2. The highest BCUT2D eigenvalue weighted by Gasteiger charge is 2.07. The van der Waals surface area contributed by atoms with Gasteiger partial charge in [-0.1, -0.05) is 31.5 Å². The second-order valence-electron chi connectivity index (χ2n) is 6.37. The van der Waals surface area contributed by atoms with Crippen molar-refractivity contribution in [2.75, 3.05) is 20.1 Å². The van der Waals surface area contributed by atoms with Crippen molar-refractivity contribution >= 4 is 5.96 Å². The van der Waals surface area contributed by atoms with Crippen LogP contribution < -0.4 is 10.6 Å². The van der Waals surface area contributed by atoms with Crippen LogP contribution in [-0.2, 0) is 6.42 Å². The lowest BCUT2D eigenvalue weighted by molar-refractivity contribution is 0.570. The maximum absolute atomic E-state index is 5.58. The Morgan fingerprint density at radius 3 is 2.54 bits per heavy atom. The first kappa shape index (κ1) is 18.0. The molecule has 5 nitrogen and oxygen atoms in total. The van der Waals surface area contributed by atoms with Gasteiger partial charge in [0.15, 0.2) is 5.96 Å². The number of hydrogen-bond acceptors (Lipinski definition) is 3. The van der Waals surface area contributed by atoms with Gasteiger partial charge in [-0.15, -0.1) is 0 Å². The predicted octanol–water partition coefficient (Wildman–Crippen LogP) is 3.40. The molecule has 1 aromatic heterocycles. The molecule has 2 aromatic rings. The van der Waals surface area contributed by atoms with E-state index in [1.807, 2.05) is 12.1 Å². The summed E-state index contributed by atoms with van der Waals surface area (Å²) in [5.41, 5.74) is 3.17. The fourth-order valence-corrected chi connectivity index (χ4v) is 2.26. The van der Waals surface area contributed by atoms with E-state index in [1.165, 1.54) is 5.56 Å². The van der Waals surface area contributed by atoms with Crippen molar-refractivity contribution in [1.29, 1.82) is 0 Å². The number of nitrogens with one attached hydrogen (secondary N) is 2. The highest BCUT2D eigenvalue weighted by molar-refractivity contribution is 5.79. The minimum atomic E-state index is 0.671. The molecule has 0 atom stereocenters. The first-order valence-electron chi connectivity index (χ1n) is 8.54. The number of oxazole rings is 1. The van der Waals surface area contributed by atoms with E-state index in [-0.39, 0.29) is 0 Å². The van der Waals surface area contributed by atoms with Gasteiger partial charge in [0.2, 0.25) is 5.89 Å². The summed E-state index contributed by atoms with van der Waals surface area (Å²) in [5, 5.41) is 6.62. The van der Waals surface area contributed by atoms with Crippen LogP contribution in [0.3, 0.4) is 0 Å². The van der Waals surface area contributed by atoms with E-state index in [4.69, 9.17) is 4.42 Å². The minimum absolute atomic E-state index is 0.671. The smallest absolute Gasteiger partial charge is 0.226 e. The molecule has 5 heteroatoms. The van der Waals surface area contributed by atoms with Crippen molar-refractivity contribution in [3.05, 3.63) is 41.8 Å². The summed E-state index contributed by atoms with van der Waals surface area (Å²) in [4.78, 5) is 8.78. The first-order valence-corrected chi connectivity index (χ1v) is 8.54. The van der Waals surface area contributed by atoms with Gasteiger partial charge in [0.05, 0.1) is 5.69 Å². The van der Waals surface area contributed by atoms with Crippen LogP contribution in [0.5, 0.6) is 0 Å². The zero-order chi connectivity index (χ0) is 17.4. The van der Waals surface area contributed by atoms with Gasteiger partial charge in [0, 0.05) is 32.1 Å². The van der Waals surface area contributed by atoms with E-state index in [0.717, 1.165) is 43.1 Å². The average Bonchev–Trinajstić information content (AvgIpc) is 3.02. The van der Waals surface area contributed by atoms with Gasteiger partial charge in [-0.25, -0.2) is 4.98 Å². The van der Waals surface area contributed by atoms with Crippen molar-refractivity contribution in [3.63, 3.8) is 0 Å². The number of rotatable bonds is 7. The molecular weight excluding hydrogens is 300 g/mol. The van der Waals surface area contributed by atoms with Gasteiger partial charge in [-0.05, 0) is 31.4 Å². The Morgan fingerprint density at radius 1 is 1.17 bits per heavy atom. The molecule has 0 unspecified atom stereocenters. The fourth-order valence-electron chi connectivity index (χ4n) is 2.26. The molecular formula is C19H28N4O. The van der Waals surface area contributed by atoms with E-state index in [2.05, 4.69) is 53.5 Å². The molecule has 0 saturated heterocycles. The molecule has 0 amide bonds. The molecule has 0 aliphatic heterocycles. The summed E-state index contributed by atoms with van der Waals surface area (Å²) in [5.74, 6) is 2.19. The summed E-state index contributed by atoms with van der Waals surface area (Å²) in [7, 11) is 1.79. The van der Waals surface area contributed by atoms with Gasteiger partial charge >= 0.3 is 0 Å². The molecule has 0 aliphatic carbocycles. The number of aliphatic imine (C=N–C) groups is 1. The molecule has 0 aliphatic rings. The van der Waals surface area contributed by atoms with Crippen LogP contribution in [0, 0.1) is 12.8 Å². The Morgan fingerprint density at radius 2 is 1.88 bits per heavy atom. The van der Waals surface area contributed by atoms with E-state index >= 15 is 0 Å². The zero-order valence-electron chi connectivity index (χ0n) is 15.1. The third-order valence-electron chi connectivity index (χ3n) is 3.76. The Balaban J connectivity index is 1.79. The van der Waals surface area contributed by atoms with Crippen molar-refractivity contribution in [1.82, 2.24) is 15.6 Å². The number of nitrogens with zero attached hydrogens (tertiary/aromatic N) is 2. The van der Waals surface area contributed by atoms with Crippen LogP contribution in [0.2, 0.25) is 0 Å². The lowest BCUT2D eigenvalue weighted by Crippen LogP contribution is -2.39. The second kappa shape index (κ2) is 9.11. The Bertz CT molecular complexity index is 644. The van der Waals surface area contributed by atoms with Gasteiger partial charge < -0.3 is 15.1 Å². The summed E-state index contributed by atoms with van der Waals surface area (Å²) >= 11 is 0. The van der Waals surface area contributed by atoms with Gasteiger partial charge in [0.25, 0.3) is 0 Å². The van der Waals surface area contributed by atoms with Crippen LogP contribution in [-0.4, -0.2) is 31.1 Å². The quantitative estimate of drug-likeness (QED) is 0.604. The molecule has 0 fully saturated rings. The van der Waals surface area contributed by atoms with Crippen molar-refractivity contribution in [2.45, 2.75) is 33.6 Å². The molecule has 0 radical (unpaired) electrons. The van der Waals surface area contributed by atoms with Crippen LogP contribution >= 0.6 is 0 Å². The molecule has 0 saturated carbocycles.